The monoisotopic (exact) mass is 368 g/mol. The zero-order valence-corrected chi connectivity index (χ0v) is 15.6. The molecular weight excluding hydrogens is 344 g/mol. The molecule has 136 valence electrons. The lowest BCUT2D eigenvalue weighted by atomic mass is 10.0. The summed E-state index contributed by atoms with van der Waals surface area (Å²) >= 11 is 1.73. The van der Waals surface area contributed by atoms with Gasteiger partial charge in [-0.1, -0.05) is 49.6 Å². The van der Waals surface area contributed by atoms with Gasteiger partial charge in [-0.15, -0.1) is 11.8 Å². The predicted molar refractivity (Wildman–Crippen MR) is 109 cm³/mol. The second-order valence-electron chi connectivity index (χ2n) is 6.48. The van der Waals surface area contributed by atoms with Crippen molar-refractivity contribution in [3.05, 3.63) is 60.2 Å². The van der Waals surface area contributed by atoms with Gasteiger partial charge in [-0.25, -0.2) is 0 Å². The van der Waals surface area contributed by atoms with Crippen molar-refractivity contribution in [1.82, 2.24) is 0 Å². The Morgan fingerprint density at radius 1 is 0.885 bits per heavy atom. The number of carbonyl (C=O) groups excluding carboxylic acids is 2. The minimum absolute atomic E-state index is 0.0551. The highest BCUT2D eigenvalue weighted by Crippen LogP contribution is 2.28. The molecule has 0 heterocycles. The van der Waals surface area contributed by atoms with Crippen LogP contribution in [0.25, 0.3) is 0 Å². The molecule has 0 spiro atoms. The lowest BCUT2D eigenvalue weighted by Crippen LogP contribution is -2.21. The third-order valence-corrected chi connectivity index (χ3v) is 5.85. The molecule has 1 fully saturated rings. The van der Waals surface area contributed by atoms with E-state index in [1.807, 2.05) is 36.4 Å². The van der Waals surface area contributed by atoms with Crippen LogP contribution in [0.3, 0.4) is 0 Å². The van der Waals surface area contributed by atoms with Crippen LogP contribution in [-0.4, -0.2) is 22.8 Å². The summed E-state index contributed by atoms with van der Waals surface area (Å²) in [7, 11) is 0. The molecule has 4 nitrogen and oxygen atoms in total. The maximum atomic E-state index is 12.6. The van der Waals surface area contributed by atoms with Gasteiger partial charge >= 0.3 is 0 Å². The first-order valence-electron chi connectivity index (χ1n) is 9.09. The van der Waals surface area contributed by atoms with Crippen molar-refractivity contribution in [2.24, 2.45) is 0 Å². The molecule has 0 saturated heterocycles. The Hall–Kier alpha value is -2.27. The Kier molecular flexibility index (Phi) is 6.72. The van der Waals surface area contributed by atoms with Crippen LogP contribution in [-0.2, 0) is 4.79 Å². The Morgan fingerprint density at radius 2 is 1.58 bits per heavy atom. The summed E-state index contributed by atoms with van der Waals surface area (Å²) in [6.07, 6.45) is 6.25. The smallest absolute Gasteiger partial charge is 0.257 e. The third-order valence-electron chi connectivity index (χ3n) is 4.48. The number of nitrogens with one attached hydrogen (secondary N) is 2. The van der Waals surface area contributed by atoms with Crippen LogP contribution in [0.15, 0.2) is 54.6 Å². The van der Waals surface area contributed by atoms with Crippen LogP contribution in [0.2, 0.25) is 0 Å². The van der Waals surface area contributed by atoms with E-state index in [1.165, 1.54) is 32.1 Å². The van der Waals surface area contributed by atoms with Gasteiger partial charge in [0, 0.05) is 10.9 Å². The summed E-state index contributed by atoms with van der Waals surface area (Å²) in [4.78, 5) is 24.9. The highest BCUT2D eigenvalue weighted by Gasteiger charge is 2.17. The second-order valence-corrected chi connectivity index (χ2v) is 7.77. The molecule has 0 unspecified atom stereocenters. The molecule has 0 atom stereocenters. The van der Waals surface area contributed by atoms with Gasteiger partial charge in [-0.2, -0.15) is 0 Å². The second kappa shape index (κ2) is 9.43. The van der Waals surface area contributed by atoms with Gasteiger partial charge in [0.05, 0.1) is 17.0 Å². The Morgan fingerprint density at radius 3 is 2.35 bits per heavy atom. The first-order chi connectivity index (χ1) is 12.7. The molecule has 0 bridgehead atoms. The van der Waals surface area contributed by atoms with Crippen molar-refractivity contribution in [1.29, 1.82) is 0 Å². The van der Waals surface area contributed by atoms with E-state index in [2.05, 4.69) is 10.6 Å². The molecule has 0 radical (unpaired) electrons. The molecule has 0 aromatic heterocycles. The first-order valence-corrected chi connectivity index (χ1v) is 10.1. The lowest BCUT2D eigenvalue weighted by molar-refractivity contribution is -0.113. The summed E-state index contributed by atoms with van der Waals surface area (Å²) in [6, 6.07) is 16.4. The minimum atomic E-state index is -0.230. The molecule has 26 heavy (non-hydrogen) atoms. The van der Waals surface area contributed by atoms with E-state index < -0.39 is 0 Å². The molecule has 0 aliphatic heterocycles. The summed E-state index contributed by atoms with van der Waals surface area (Å²) < 4.78 is 0. The molecular formula is C21H24N2O2S. The predicted octanol–water partition coefficient (Wildman–Crippen LogP) is 4.94. The van der Waals surface area contributed by atoms with E-state index in [0.717, 1.165) is 5.69 Å². The van der Waals surface area contributed by atoms with Gasteiger partial charge in [0.15, 0.2) is 0 Å². The van der Waals surface area contributed by atoms with Gasteiger partial charge < -0.3 is 10.6 Å². The largest absolute Gasteiger partial charge is 0.325 e. The number of para-hydroxylation sites is 2. The quantitative estimate of drug-likeness (QED) is 0.759. The molecule has 2 N–H and O–H groups in total. The van der Waals surface area contributed by atoms with Crippen molar-refractivity contribution >= 4 is 35.0 Å². The number of thioether (sulfide) groups is 1. The van der Waals surface area contributed by atoms with E-state index >= 15 is 0 Å². The lowest BCUT2D eigenvalue weighted by Gasteiger charge is -2.20. The summed E-state index contributed by atoms with van der Waals surface area (Å²) in [5.74, 6) is 0.145. The number of amides is 2. The van der Waals surface area contributed by atoms with Crippen LogP contribution in [0.1, 0.15) is 42.5 Å². The van der Waals surface area contributed by atoms with E-state index in [0.29, 0.717) is 22.3 Å². The fourth-order valence-electron chi connectivity index (χ4n) is 3.12. The standard InChI is InChI=1S/C21H24N2O2S/c24-20(15-26-17-11-5-2-6-12-17)23-19-14-8-7-13-18(19)21(25)22-16-9-3-1-4-10-16/h1,3-4,7-10,13-14,17H,2,5-6,11-12,15H2,(H,22,25)(H,23,24). The Balaban J connectivity index is 1.59. The van der Waals surface area contributed by atoms with E-state index in [1.54, 1.807) is 30.0 Å². The van der Waals surface area contributed by atoms with Gasteiger partial charge in [0.2, 0.25) is 5.91 Å². The highest BCUT2D eigenvalue weighted by atomic mass is 32.2. The van der Waals surface area contributed by atoms with Crippen molar-refractivity contribution < 1.29 is 9.59 Å². The Labute approximate surface area is 158 Å². The molecule has 2 aromatic carbocycles. The molecule has 2 aromatic rings. The van der Waals surface area contributed by atoms with Crippen molar-refractivity contribution in [3.8, 4) is 0 Å². The highest BCUT2D eigenvalue weighted by molar-refractivity contribution is 8.00. The van der Waals surface area contributed by atoms with Gasteiger partial charge in [0.1, 0.15) is 0 Å². The van der Waals surface area contributed by atoms with Crippen molar-refractivity contribution in [2.75, 3.05) is 16.4 Å². The molecule has 1 saturated carbocycles. The molecule has 1 aliphatic rings. The normalized spacial score (nSPS) is 14.6. The minimum Gasteiger partial charge on any atom is -0.325 e. The average molecular weight is 369 g/mol. The fraction of sp³-hybridized carbons (Fsp3) is 0.333. The summed E-state index contributed by atoms with van der Waals surface area (Å²) in [5, 5.41) is 6.35. The number of benzene rings is 2. The van der Waals surface area contributed by atoms with E-state index in [9.17, 15) is 9.59 Å². The van der Waals surface area contributed by atoms with Crippen molar-refractivity contribution in [2.45, 2.75) is 37.4 Å². The van der Waals surface area contributed by atoms with Gasteiger partial charge in [0.25, 0.3) is 5.91 Å². The maximum absolute atomic E-state index is 12.6. The van der Waals surface area contributed by atoms with E-state index in [-0.39, 0.29) is 11.8 Å². The van der Waals surface area contributed by atoms with Crippen LogP contribution >= 0.6 is 11.8 Å². The first kappa shape index (κ1) is 18.5. The number of hydrogen-bond donors (Lipinski definition) is 2. The molecule has 2 amide bonds. The number of rotatable bonds is 6. The SMILES string of the molecule is O=C(CSC1CCCCC1)Nc1ccccc1C(=O)Nc1ccccc1. The van der Waals surface area contributed by atoms with Crippen LogP contribution in [0.5, 0.6) is 0 Å². The van der Waals surface area contributed by atoms with Crippen molar-refractivity contribution in [3.63, 3.8) is 0 Å². The van der Waals surface area contributed by atoms with E-state index in [4.69, 9.17) is 0 Å². The van der Waals surface area contributed by atoms with Gasteiger partial charge in [-0.05, 0) is 37.1 Å². The maximum Gasteiger partial charge on any atom is 0.257 e. The van der Waals surface area contributed by atoms with Crippen LogP contribution in [0, 0.1) is 0 Å². The number of carbonyl (C=O) groups is 2. The average Bonchev–Trinajstić information content (AvgIpc) is 2.68. The molecule has 5 heteroatoms. The fourth-order valence-corrected chi connectivity index (χ4v) is 4.25. The summed E-state index contributed by atoms with van der Waals surface area (Å²) in [5.41, 5.74) is 1.74. The zero-order chi connectivity index (χ0) is 18.2. The van der Waals surface area contributed by atoms with Gasteiger partial charge in [-0.3, -0.25) is 9.59 Å². The third kappa shape index (κ3) is 5.36. The number of anilines is 2. The summed E-state index contributed by atoms with van der Waals surface area (Å²) in [6.45, 7) is 0. The molecule has 1 aliphatic carbocycles. The Bertz CT molecular complexity index is 743. The molecule has 3 rings (SSSR count). The van der Waals surface area contributed by atoms with Crippen LogP contribution in [0.4, 0.5) is 11.4 Å². The topological polar surface area (TPSA) is 58.2 Å². The van der Waals surface area contributed by atoms with Crippen LogP contribution < -0.4 is 10.6 Å². The number of hydrogen-bond acceptors (Lipinski definition) is 3. The zero-order valence-electron chi connectivity index (χ0n) is 14.7.